The topological polar surface area (TPSA) is 60.9 Å². The average Bonchev–Trinajstić information content (AvgIpc) is 3.00. The number of aliphatic hydroxyl groups excluding tert-OH is 1. The molecule has 2 aromatic rings. The molecule has 2 heterocycles. The zero-order chi connectivity index (χ0) is 21.4. The third kappa shape index (κ3) is 3.54. The lowest BCUT2D eigenvalue weighted by molar-refractivity contribution is -0.120. The third-order valence-electron chi connectivity index (χ3n) is 6.10. The molecule has 0 bridgehead atoms. The molecule has 0 aromatic heterocycles. The highest BCUT2D eigenvalue weighted by atomic mass is 16.3. The van der Waals surface area contributed by atoms with Gasteiger partial charge in [0.05, 0.1) is 11.3 Å². The minimum Gasteiger partial charge on any atom is -0.396 e. The zero-order valence-electron chi connectivity index (χ0n) is 17.8. The summed E-state index contributed by atoms with van der Waals surface area (Å²) in [6.07, 6.45) is 1.82. The van der Waals surface area contributed by atoms with Gasteiger partial charge in [0.15, 0.2) is 0 Å². The highest BCUT2D eigenvalue weighted by molar-refractivity contribution is 6.45. The Hall–Kier alpha value is -2.92. The molecule has 2 amide bonds. The van der Waals surface area contributed by atoms with Crippen molar-refractivity contribution >= 4 is 23.1 Å². The number of rotatable bonds is 4. The fourth-order valence-electron chi connectivity index (χ4n) is 4.39. The van der Waals surface area contributed by atoms with Crippen LogP contribution in [0.4, 0.5) is 5.69 Å². The van der Waals surface area contributed by atoms with Gasteiger partial charge in [0, 0.05) is 19.7 Å². The number of amides is 2. The van der Waals surface area contributed by atoms with Gasteiger partial charge in [0.25, 0.3) is 11.8 Å². The molecule has 156 valence electrons. The Kier molecular flexibility index (Phi) is 5.48. The number of aryl methyl sites for hydroxylation is 3. The van der Waals surface area contributed by atoms with E-state index in [0.29, 0.717) is 30.0 Å². The van der Waals surface area contributed by atoms with E-state index in [2.05, 4.69) is 0 Å². The Balaban J connectivity index is 1.84. The molecule has 1 unspecified atom stereocenters. The van der Waals surface area contributed by atoms with Gasteiger partial charge in [-0.2, -0.15) is 0 Å². The van der Waals surface area contributed by atoms with Crippen LogP contribution in [-0.4, -0.2) is 41.5 Å². The Morgan fingerprint density at radius 1 is 0.967 bits per heavy atom. The molecule has 5 nitrogen and oxygen atoms in total. The smallest absolute Gasteiger partial charge is 0.282 e. The van der Waals surface area contributed by atoms with Gasteiger partial charge in [-0.05, 0) is 62.3 Å². The number of benzene rings is 2. The SMILES string of the molecule is Cc1ccc(C2=C(N3CCCC(CO)C3)C(=O)N(c3cc(C)ccc3C)C2=O)cc1. The van der Waals surface area contributed by atoms with Crippen LogP contribution in [0.15, 0.2) is 48.2 Å². The Morgan fingerprint density at radius 3 is 2.37 bits per heavy atom. The number of anilines is 1. The summed E-state index contributed by atoms with van der Waals surface area (Å²) in [5, 5.41) is 9.67. The van der Waals surface area contributed by atoms with E-state index in [9.17, 15) is 14.7 Å². The number of piperidine rings is 1. The maximum Gasteiger partial charge on any atom is 0.282 e. The van der Waals surface area contributed by atoms with Crippen LogP contribution >= 0.6 is 0 Å². The van der Waals surface area contributed by atoms with E-state index in [1.165, 1.54) is 4.90 Å². The molecule has 1 fully saturated rings. The number of aliphatic hydroxyl groups is 1. The molecule has 0 saturated carbocycles. The first kappa shape index (κ1) is 20.4. The van der Waals surface area contributed by atoms with Gasteiger partial charge in [-0.15, -0.1) is 0 Å². The van der Waals surface area contributed by atoms with Gasteiger partial charge >= 0.3 is 0 Å². The van der Waals surface area contributed by atoms with E-state index < -0.39 is 0 Å². The van der Waals surface area contributed by atoms with E-state index >= 15 is 0 Å². The number of carbonyl (C=O) groups is 2. The van der Waals surface area contributed by atoms with Crippen molar-refractivity contribution in [1.82, 2.24) is 4.90 Å². The lowest BCUT2D eigenvalue weighted by Crippen LogP contribution is -2.40. The van der Waals surface area contributed by atoms with Crippen LogP contribution < -0.4 is 4.90 Å². The van der Waals surface area contributed by atoms with Crippen LogP contribution in [-0.2, 0) is 9.59 Å². The predicted octanol–water partition coefficient (Wildman–Crippen LogP) is 3.60. The largest absolute Gasteiger partial charge is 0.396 e. The zero-order valence-corrected chi connectivity index (χ0v) is 17.8. The first-order valence-electron chi connectivity index (χ1n) is 10.5. The lowest BCUT2D eigenvalue weighted by Gasteiger charge is -2.34. The molecule has 4 rings (SSSR count). The summed E-state index contributed by atoms with van der Waals surface area (Å²) < 4.78 is 0. The number of likely N-dealkylation sites (tertiary alicyclic amines) is 1. The normalized spacial score (nSPS) is 19.8. The Labute approximate surface area is 177 Å². The van der Waals surface area contributed by atoms with Crippen molar-refractivity contribution in [1.29, 1.82) is 0 Å². The molecular formula is C25H28N2O3. The van der Waals surface area contributed by atoms with Crippen molar-refractivity contribution < 1.29 is 14.7 Å². The minimum atomic E-state index is -0.279. The van der Waals surface area contributed by atoms with E-state index in [-0.39, 0.29) is 24.3 Å². The van der Waals surface area contributed by atoms with Gasteiger partial charge in [-0.1, -0.05) is 42.0 Å². The molecule has 0 spiro atoms. The maximum absolute atomic E-state index is 13.7. The second-order valence-electron chi connectivity index (χ2n) is 8.46. The minimum absolute atomic E-state index is 0.0898. The number of carbonyl (C=O) groups excluding carboxylic acids is 2. The molecule has 1 saturated heterocycles. The number of hydrogen-bond acceptors (Lipinski definition) is 4. The number of nitrogens with zero attached hydrogens (tertiary/aromatic N) is 2. The summed E-state index contributed by atoms with van der Waals surface area (Å²) in [6.45, 7) is 7.26. The van der Waals surface area contributed by atoms with Crippen molar-refractivity contribution in [2.45, 2.75) is 33.6 Å². The molecule has 1 N–H and O–H groups in total. The fourth-order valence-corrected chi connectivity index (χ4v) is 4.39. The molecule has 2 aromatic carbocycles. The summed E-state index contributed by atoms with van der Waals surface area (Å²) in [6, 6.07) is 13.6. The van der Waals surface area contributed by atoms with Gasteiger partial charge in [-0.3, -0.25) is 9.59 Å². The van der Waals surface area contributed by atoms with Crippen LogP contribution in [0.1, 0.15) is 35.1 Å². The monoisotopic (exact) mass is 404 g/mol. The van der Waals surface area contributed by atoms with Crippen molar-refractivity contribution in [3.63, 3.8) is 0 Å². The molecule has 0 aliphatic carbocycles. The molecular weight excluding hydrogens is 376 g/mol. The van der Waals surface area contributed by atoms with Gasteiger partial charge in [-0.25, -0.2) is 4.90 Å². The second-order valence-corrected chi connectivity index (χ2v) is 8.46. The van der Waals surface area contributed by atoms with Crippen molar-refractivity contribution in [2.24, 2.45) is 5.92 Å². The van der Waals surface area contributed by atoms with E-state index in [0.717, 1.165) is 35.1 Å². The molecule has 2 aliphatic rings. The standard InChI is InChI=1S/C25H28N2O3/c1-16-7-10-20(11-8-16)22-23(26-12-4-5-19(14-26)15-28)25(30)27(24(22)29)21-13-17(2)6-9-18(21)3/h6-11,13,19,28H,4-5,12,14-15H2,1-3H3. The van der Waals surface area contributed by atoms with Gasteiger partial charge in [0.2, 0.25) is 0 Å². The fraction of sp³-hybridized carbons (Fsp3) is 0.360. The van der Waals surface area contributed by atoms with Crippen LogP contribution in [0.3, 0.4) is 0 Å². The van der Waals surface area contributed by atoms with E-state index in [1.807, 2.05) is 68.1 Å². The van der Waals surface area contributed by atoms with Crippen molar-refractivity contribution in [3.8, 4) is 0 Å². The third-order valence-corrected chi connectivity index (χ3v) is 6.10. The molecule has 0 radical (unpaired) electrons. The number of hydrogen-bond donors (Lipinski definition) is 1. The number of imide groups is 1. The first-order valence-corrected chi connectivity index (χ1v) is 10.5. The highest BCUT2D eigenvalue weighted by Gasteiger charge is 2.43. The van der Waals surface area contributed by atoms with Crippen LogP contribution in [0, 0.1) is 26.7 Å². The Bertz CT molecular complexity index is 1020. The molecule has 5 heteroatoms. The summed E-state index contributed by atoms with van der Waals surface area (Å²) in [5.41, 5.74) is 5.30. The van der Waals surface area contributed by atoms with Crippen LogP contribution in [0.2, 0.25) is 0 Å². The van der Waals surface area contributed by atoms with Crippen molar-refractivity contribution in [3.05, 3.63) is 70.4 Å². The summed E-state index contributed by atoms with van der Waals surface area (Å²) in [7, 11) is 0. The average molecular weight is 405 g/mol. The van der Waals surface area contributed by atoms with Crippen LogP contribution in [0.25, 0.3) is 5.57 Å². The van der Waals surface area contributed by atoms with Gasteiger partial charge in [0.1, 0.15) is 5.70 Å². The lowest BCUT2D eigenvalue weighted by atomic mass is 9.96. The van der Waals surface area contributed by atoms with Crippen LogP contribution in [0.5, 0.6) is 0 Å². The molecule has 30 heavy (non-hydrogen) atoms. The van der Waals surface area contributed by atoms with Crippen molar-refractivity contribution in [2.75, 3.05) is 24.6 Å². The Morgan fingerprint density at radius 2 is 1.67 bits per heavy atom. The predicted molar refractivity (Wildman–Crippen MR) is 118 cm³/mol. The van der Waals surface area contributed by atoms with E-state index in [4.69, 9.17) is 0 Å². The molecule has 1 atom stereocenters. The summed E-state index contributed by atoms with van der Waals surface area (Å²) >= 11 is 0. The molecule has 2 aliphatic heterocycles. The second kappa shape index (κ2) is 8.07. The van der Waals surface area contributed by atoms with Gasteiger partial charge < -0.3 is 10.0 Å². The summed E-state index contributed by atoms with van der Waals surface area (Å²) in [4.78, 5) is 30.6. The maximum atomic E-state index is 13.7. The first-order chi connectivity index (χ1) is 14.4. The highest BCUT2D eigenvalue weighted by Crippen LogP contribution is 2.37. The van der Waals surface area contributed by atoms with E-state index in [1.54, 1.807) is 0 Å². The summed E-state index contributed by atoms with van der Waals surface area (Å²) in [5.74, 6) is -0.440. The quantitative estimate of drug-likeness (QED) is 0.791.